The van der Waals surface area contributed by atoms with Crippen LogP contribution >= 0.6 is 0 Å². The maximum absolute atomic E-state index is 12.5. The number of nitrogens with two attached hydrogens (primary N) is 1. The van der Waals surface area contributed by atoms with E-state index in [9.17, 15) is 9.59 Å². The molecule has 108 valence electrons. The van der Waals surface area contributed by atoms with Crippen molar-refractivity contribution in [1.82, 2.24) is 4.90 Å². The lowest BCUT2D eigenvalue weighted by atomic mass is 9.96. The number of rotatable bonds is 4. The molecule has 0 aromatic heterocycles. The van der Waals surface area contributed by atoms with Crippen molar-refractivity contribution in [3.05, 3.63) is 29.8 Å². The number of anilines is 1. The first-order valence-electron chi connectivity index (χ1n) is 6.94. The highest BCUT2D eigenvalue weighted by Gasteiger charge is 2.34. The molecule has 0 bridgehead atoms. The van der Waals surface area contributed by atoms with Gasteiger partial charge >= 0.3 is 0 Å². The number of carbonyl (C=O) groups is 2. The SMILES string of the molecule is CC[C@H](C)[C@H]1C(=O)Nc2ccccc2CN1CC(N)=O. The van der Waals surface area contributed by atoms with Crippen LogP contribution in [0.15, 0.2) is 24.3 Å². The van der Waals surface area contributed by atoms with E-state index < -0.39 is 5.91 Å². The van der Waals surface area contributed by atoms with Crippen LogP contribution in [0.2, 0.25) is 0 Å². The molecular weight excluding hydrogens is 254 g/mol. The molecule has 2 amide bonds. The van der Waals surface area contributed by atoms with Crippen molar-refractivity contribution >= 4 is 17.5 Å². The Bertz CT molecular complexity index is 516. The van der Waals surface area contributed by atoms with Crippen LogP contribution in [-0.2, 0) is 16.1 Å². The lowest BCUT2D eigenvalue weighted by Gasteiger charge is -2.31. The van der Waals surface area contributed by atoms with E-state index in [-0.39, 0.29) is 24.4 Å². The molecule has 5 heteroatoms. The first-order valence-corrected chi connectivity index (χ1v) is 6.94. The fourth-order valence-electron chi connectivity index (χ4n) is 2.67. The summed E-state index contributed by atoms with van der Waals surface area (Å²) >= 11 is 0. The summed E-state index contributed by atoms with van der Waals surface area (Å²) in [5.41, 5.74) is 7.16. The Morgan fingerprint density at radius 3 is 2.85 bits per heavy atom. The summed E-state index contributed by atoms with van der Waals surface area (Å²) < 4.78 is 0. The Labute approximate surface area is 119 Å². The number of fused-ring (bicyclic) bond motifs is 1. The van der Waals surface area contributed by atoms with Crippen molar-refractivity contribution in [2.45, 2.75) is 32.9 Å². The predicted octanol–water partition coefficient (Wildman–Crippen LogP) is 1.34. The van der Waals surface area contributed by atoms with Crippen LogP contribution < -0.4 is 11.1 Å². The molecule has 1 aromatic carbocycles. The van der Waals surface area contributed by atoms with Crippen molar-refractivity contribution in [2.24, 2.45) is 11.7 Å². The van der Waals surface area contributed by atoms with E-state index in [0.29, 0.717) is 6.54 Å². The average Bonchev–Trinajstić information content (AvgIpc) is 2.52. The number of nitrogens with zero attached hydrogens (tertiary/aromatic N) is 1. The van der Waals surface area contributed by atoms with E-state index >= 15 is 0 Å². The van der Waals surface area contributed by atoms with Crippen LogP contribution in [0.1, 0.15) is 25.8 Å². The van der Waals surface area contributed by atoms with Crippen molar-refractivity contribution in [3.8, 4) is 0 Å². The lowest BCUT2D eigenvalue weighted by Crippen LogP contribution is -2.48. The fourth-order valence-corrected chi connectivity index (χ4v) is 2.67. The number of primary amides is 1. The molecule has 3 N–H and O–H groups in total. The van der Waals surface area contributed by atoms with Gasteiger partial charge in [-0.05, 0) is 17.5 Å². The average molecular weight is 275 g/mol. The molecule has 2 rings (SSSR count). The molecule has 0 saturated heterocycles. The Kier molecular flexibility index (Phi) is 4.39. The molecule has 0 spiro atoms. The Hall–Kier alpha value is -1.88. The van der Waals surface area contributed by atoms with Crippen LogP contribution in [0.25, 0.3) is 0 Å². The fraction of sp³-hybridized carbons (Fsp3) is 0.467. The second-order valence-electron chi connectivity index (χ2n) is 5.35. The van der Waals surface area contributed by atoms with Gasteiger partial charge < -0.3 is 11.1 Å². The van der Waals surface area contributed by atoms with E-state index in [1.54, 1.807) is 0 Å². The van der Waals surface area contributed by atoms with Gasteiger partial charge in [-0.3, -0.25) is 14.5 Å². The van der Waals surface area contributed by atoms with E-state index in [1.165, 1.54) is 0 Å². The number of hydrogen-bond acceptors (Lipinski definition) is 3. The van der Waals surface area contributed by atoms with E-state index in [1.807, 2.05) is 43.0 Å². The van der Waals surface area contributed by atoms with Crippen LogP contribution in [0.5, 0.6) is 0 Å². The summed E-state index contributed by atoms with van der Waals surface area (Å²) in [6, 6.07) is 7.33. The molecule has 1 heterocycles. The molecule has 0 saturated carbocycles. The summed E-state index contributed by atoms with van der Waals surface area (Å²) in [5, 5.41) is 2.96. The molecule has 1 aliphatic rings. The van der Waals surface area contributed by atoms with Crippen molar-refractivity contribution in [1.29, 1.82) is 0 Å². The van der Waals surface area contributed by atoms with E-state index in [2.05, 4.69) is 5.32 Å². The number of amides is 2. The van der Waals surface area contributed by atoms with Gasteiger partial charge in [-0.1, -0.05) is 38.5 Å². The molecule has 1 aromatic rings. The Morgan fingerprint density at radius 2 is 2.20 bits per heavy atom. The molecule has 0 radical (unpaired) electrons. The molecule has 20 heavy (non-hydrogen) atoms. The normalized spacial score (nSPS) is 20.7. The van der Waals surface area contributed by atoms with Gasteiger partial charge in [0.25, 0.3) is 0 Å². The molecule has 0 fully saturated rings. The minimum Gasteiger partial charge on any atom is -0.369 e. The highest BCUT2D eigenvalue weighted by molar-refractivity contribution is 5.96. The summed E-state index contributed by atoms with van der Waals surface area (Å²) in [4.78, 5) is 25.6. The van der Waals surface area contributed by atoms with Crippen LogP contribution in [0.4, 0.5) is 5.69 Å². The third-order valence-corrected chi connectivity index (χ3v) is 3.85. The minimum absolute atomic E-state index is 0.0643. The molecular formula is C15H21N3O2. The molecule has 2 atom stereocenters. The second-order valence-corrected chi connectivity index (χ2v) is 5.35. The summed E-state index contributed by atoms with van der Waals surface area (Å²) in [6.45, 7) is 4.70. The van der Waals surface area contributed by atoms with E-state index in [0.717, 1.165) is 17.7 Å². The van der Waals surface area contributed by atoms with Gasteiger partial charge in [-0.15, -0.1) is 0 Å². The van der Waals surface area contributed by atoms with Gasteiger partial charge in [-0.25, -0.2) is 0 Å². The summed E-state index contributed by atoms with van der Waals surface area (Å²) in [6.07, 6.45) is 0.865. The molecule has 1 aliphatic heterocycles. The maximum atomic E-state index is 12.5. The summed E-state index contributed by atoms with van der Waals surface area (Å²) in [7, 11) is 0. The first kappa shape index (κ1) is 14.5. The molecule has 0 unspecified atom stereocenters. The highest BCUT2D eigenvalue weighted by Crippen LogP contribution is 2.26. The zero-order valence-electron chi connectivity index (χ0n) is 11.9. The third kappa shape index (κ3) is 2.99. The smallest absolute Gasteiger partial charge is 0.242 e. The van der Waals surface area contributed by atoms with Gasteiger partial charge in [0.2, 0.25) is 11.8 Å². The number of carbonyl (C=O) groups excluding carboxylic acids is 2. The topological polar surface area (TPSA) is 75.4 Å². The third-order valence-electron chi connectivity index (χ3n) is 3.85. The number of hydrogen-bond donors (Lipinski definition) is 2. The van der Waals surface area contributed by atoms with Crippen LogP contribution in [-0.4, -0.2) is 29.3 Å². The largest absolute Gasteiger partial charge is 0.369 e. The second kappa shape index (κ2) is 6.05. The van der Waals surface area contributed by atoms with Gasteiger partial charge in [0.15, 0.2) is 0 Å². The number of benzene rings is 1. The molecule has 0 aliphatic carbocycles. The van der Waals surface area contributed by atoms with Gasteiger partial charge in [0.1, 0.15) is 0 Å². The number of nitrogens with one attached hydrogen (secondary N) is 1. The maximum Gasteiger partial charge on any atom is 0.242 e. The van der Waals surface area contributed by atoms with Crippen LogP contribution in [0.3, 0.4) is 0 Å². The standard InChI is InChI=1S/C15H21N3O2/c1-3-10(2)14-15(20)17-12-7-5-4-6-11(12)8-18(14)9-13(16)19/h4-7,10,14H,3,8-9H2,1-2H3,(H2,16,19)(H,17,20)/t10-,14-/m0/s1. The zero-order chi connectivity index (χ0) is 14.7. The van der Waals surface area contributed by atoms with Crippen molar-refractivity contribution in [2.75, 3.05) is 11.9 Å². The Balaban J connectivity index is 2.37. The van der Waals surface area contributed by atoms with Crippen molar-refractivity contribution in [3.63, 3.8) is 0 Å². The van der Waals surface area contributed by atoms with Gasteiger partial charge in [0, 0.05) is 12.2 Å². The Morgan fingerprint density at radius 1 is 1.50 bits per heavy atom. The van der Waals surface area contributed by atoms with Gasteiger partial charge in [-0.2, -0.15) is 0 Å². The zero-order valence-corrected chi connectivity index (χ0v) is 11.9. The minimum atomic E-state index is -0.412. The van der Waals surface area contributed by atoms with Crippen molar-refractivity contribution < 1.29 is 9.59 Å². The highest BCUT2D eigenvalue weighted by atomic mass is 16.2. The molecule has 5 nitrogen and oxygen atoms in total. The monoisotopic (exact) mass is 275 g/mol. The quantitative estimate of drug-likeness (QED) is 0.870. The number of para-hydroxylation sites is 1. The first-order chi connectivity index (χ1) is 9.52. The lowest BCUT2D eigenvalue weighted by molar-refractivity contribution is -0.126. The summed E-state index contributed by atoms with van der Waals surface area (Å²) in [5.74, 6) is -0.320. The van der Waals surface area contributed by atoms with E-state index in [4.69, 9.17) is 5.73 Å². The van der Waals surface area contributed by atoms with Gasteiger partial charge in [0.05, 0.1) is 12.6 Å². The van der Waals surface area contributed by atoms with Crippen LogP contribution in [0, 0.1) is 5.92 Å². The predicted molar refractivity (Wildman–Crippen MR) is 77.9 cm³/mol.